The van der Waals surface area contributed by atoms with Crippen LogP contribution in [0.2, 0.25) is 0 Å². The first kappa shape index (κ1) is 19.1. The maximum absolute atomic E-state index is 10.9. The molecule has 4 N–H and O–H groups in total. The second-order valence-corrected chi connectivity index (χ2v) is 6.09. The highest BCUT2D eigenvalue weighted by molar-refractivity contribution is 5.74. The molecule has 0 spiro atoms. The molecule has 1 unspecified atom stereocenters. The first-order valence-electron chi connectivity index (χ1n) is 8.55. The first-order valence-corrected chi connectivity index (χ1v) is 8.55. The fourth-order valence-electron chi connectivity index (χ4n) is 2.74. The summed E-state index contributed by atoms with van der Waals surface area (Å²) in [7, 11) is 0. The van der Waals surface area contributed by atoms with Crippen LogP contribution in [0.25, 0.3) is 11.1 Å². The number of rotatable bonds is 9. The number of carbonyl (C=O) groups is 1. The third-order valence-corrected chi connectivity index (χ3v) is 4.24. The van der Waals surface area contributed by atoms with E-state index in [4.69, 9.17) is 10.3 Å². The van der Waals surface area contributed by atoms with Crippen LogP contribution >= 0.6 is 0 Å². The molecule has 0 aliphatic carbocycles. The van der Waals surface area contributed by atoms with Gasteiger partial charge in [0.15, 0.2) is 0 Å². The highest BCUT2D eigenvalue weighted by atomic mass is 16.5. The summed E-state index contributed by atoms with van der Waals surface area (Å²) in [5.41, 5.74) is 5.73. The Morgan fingerprint density at radius 1 is 0.960 bits per heavy atom. The van der Waals surface area contributed by atoms with Crippen molar-refractivity contribution in [1.82, 2.24) is 5.48 Å². The van der Waals surface area contributed by atoms with Crippen molar-refractivity contribution in [1.29, 1.82) is 0 Å². The summed E-state index contributed by atoms with van der Waals surface area (Å²) in [5, 5.41) is 27.6. The maximum atomic E-state index is 10.9. The van der Waals surface area contributed by atoms with E-state index in [9.17, 15) is 9.90 Å². The van der Waals surface area contributed by atoms with Crippen molar-refractivity contribution in [3.8, 4) is 11.1 Å². The molecule has 0 bridgehead atoms. The van der Waals surface area contributed by atoms with Gasteiger partial charge in [-0.05, 0) is 41.5 Å². The minimum Gasteiger partial charge on any atom is -0.396 e. The Morgan fingerprint density at radius 2 is 1.56 bits per heavy atom. The average Bonchev–Trinajstić information content (AvgIpc) is 2.66. The SMILES string of the molecule is O=C(CCCCC(O)c1ccc(-c2ccc(CCO)cc2)cc1)NO. The van der Waals surface area contributed by atoms with Crippen LogP contribution in [-0.4, -0.2) is 27.9 Å². The van der Waals surface area contributed by atoms with Crippen molar-refractivity contribution in [3.05, 3.63) is 59.7 Å². The van der Waals surface area contributed by atoms with Gasteiger partial charge in [-0.15, -0.1) is 0 Å². The summed E-state index contributed by atoms with van der Waals surface area (Å²) < 4.78 is 0. The number of hydroxylamine groups is 1. The second-order valence-electron chi connectivity index (χ2n) is 6.09. The van der Waals surface area contributed by atoms with Crippen LogP contribution in [0.15, 0.2) is 48.5 Å². The number of benzene rings is 2. The molecule has 1 atom stereocenters. The molecule has 1 amide bonds. The van der Waals surface area contributed by atoms with Gasteiger partial charge in [0.05, 0.1) is 6.10 Å². The lowest BCUT2D eigenvalue weighted by molar-refractivity contribution is -0.129. The van der Waals surface area contributed by atoms with E-state index in [1.54, 1.807) is 5.48 Å². The molecule has 0 saturated heterocycles. The molecule has 5 nitrogen and oxygen atoms in total. The molecule has 134 valence electrons. The fraction of sp³-hybridized carbons (Fsp3) is 0.350. The number of hydrogen-bond acceptors (Lipinski definition) is 4. The van der Waals surface area contributed by atoms with Crippen molar-refractivity contribution in [3.63, 3.8) is 0 Å². The van der Waals surface area contributed by atoms with Crippen molar-refractivity contribution in [2.24, 2.45) is 0 Å². The smallest absolute Gasteiger partial charge is 0.243 e. The highest BCUT2D eigenvalue weighted by Crippen LogP contribution is 2.25. The molecule has 0 heterocycles. The predicted octanol–water partition coefficient (Wildman–Crippen LogP) is 2.99. The highest BCUT2D eigenvalue weighted by Gasteiger charge is 2.08. The van der Waals surface area contributed by atoms with E-state index in [-0.39, 0.29) is 13.0 Å². The Labute approximate surface area is 147 Å². The summed E-state index contributed by atoms with van der Waals surface area (Å²) in [6.45, 7) is 0.149. The normalized spacial score (nSPS) is 12.0. The number of nitrogens with one attached hydrogen (secondary N) is 1. The number of hydrogen-bond donors (Lipinski definition) is 4. The van der Waals surface area contributed by atoms with E-state index >= 15 is 0 Å². The minimum atomic E-state index is -0.557. The third-order valence-electron chi connectivity index (χ3n) is 4.24. The number of aliphatic hydroxyl groups is 2. The average molecular weight is 343 g/mol. The summed E-state index contributed by atoms with van der Waals surface area (Å²) >= 11 is 0. The Bertz CT molecular complexity index is 652. The number of carbonyl (C=O) groups excluding carboxylic acids is 1. The predicted molar refractivity (Wildman–Crippen MR) is 96.0 cm³/mol. The topological polar surface area (TPSA) is 89.8 Å². The third kappa shape index (κ3) is 5.98. The van der Waals surface area contributed by atoms with Gasteiger partial charge in [-0.1, -0.05) is 55.0 Å². The van der Waals surface area contributed by atoms with Crippen LogP contribution in [0.1, 0.15) is 42.9 Å². The van der Waals surface area contributed by atoms with Gasteiger partial charge in [-0.2, -0.15) is 0 Å². The van der Waals surface area contributed by atoms with Crippen LogP contribution in [0, 0.1) is 0 Å². The van der Waals surface area contributed by atoms with E-state index in [2.05, 4.69) is 0 Å². The Hall–Kier alpha value is -2.21. The van der Waals surface area contributed by atoms with E-state index in [1.807, 2.05) is 48.5 Å². The number of unbranched alkanes of at least 4 members (excludes halogenated alkanes) is 1. The van der Waals surface area contributed by atoms with Crippen LogP contribution < -0.4 is 5.48 Å². The standard InChI is InChI=1S/C20H25NO4/c22-14-13-15-5-7-16(8-6-15)17-9-11-18(12-10-17)19(23)3-1-2-4-20(24)21-25/h5-12,19,22-23,25H,1-4,13-14H2,(H,21,24). The minimum absolute atomic E-state index is 0.149. The molecule has 0 aromatic heterocycles. The zero-order chi connectivity index (χ0) is 18.1. The first-order chi connectivity index (χ1) is 12.1. The second kappa shape index (κ2) is 9.93. The van der Waals surface area contributed by atoms with Crippen LogP contribution in [0.4, 0.5) is 0 Å². The van der Waals surface area contributed by atoms with E-state index in [0.717, 1.165) is 22.3 Å². The van der Waals surface area contributed by atoms with Crippen molar-refractivity contribution < 1.29 is 20.2 Å². The molecule has 2 aromatic carbocycles. The lowest BCUT2D eigenvalue weighted by atomic mass is 9.98. The summed E-state index contributed by atoms with van der Waals surface area (Å²) in [4.78, 5) is 10.9. The molecule has 0 aliphatic rings. The maximum Gasteiger partial charge on any atom is 0.243 e. The monoisotopic (exact) mass is 343 g/mol. The Kier molecular flexibility index (Phi) is 7.60. The van der Waals surface area contributed by atoms with Gasteiger partial charge in [-0.3, -0.25) is 10.0 Å². The van der Waals surface area contributed by atoms with Gasteiger partial charge < -0.3 is 10.2 Å². The van der Waals surface area contributed by atoms with E-state index in [1.165, 1.54) is 0 Å². The molecule has 2 rings (SSSR count). The molecule has 0 saturated carbocycles. The molecule has 2 aromatic rings. The summed E-state index contributed by atoms with van der Waals surface area (Å²) in [5.74, 6) is -0.399. The van der Waals surface area contributed by atoms with Gasteiger partial charge in [-0.25, -0.2) is 5.48 Å². The number of amides is 1. The molecular weight excluding hydrogens is 318 g/mol. The van der Waals surface area contributed by atoms with Gasteiger partial charge in [0.1, 0.15) is 0 Å². The van der Waals surface area contributed by atoms with E-state index < -0.39 is 12.0 Å². The van der Waals surface area contributed by atoms with Crippen molar-refractivity contribution >= 4 is 5.91 Å². The van der Waals surface area contributed by atoms with Crippen molar-refractivity contribution in [2.45, 2.75) is 38.2 Å². The van der Waals surface area contributed by atoms with Gasteiger partial charge in [0.2, 0.25) is 5.91 Å². The summed E-state index contributed by atoms with van der Waals surface area (Å²) in [6.07, 6.45) is 2.27. The zero-order valence-corrected chi connectivity index (χ0v) is 14.2. The van der Waals surface area contributed by atoms with Gasteiger partial charge in [0.25, 0.3) is 0 Å². The fourth-order valence-corrected chi connectivity index (χ4v) is 2.74. The zero-order valence-electron chi connectivity index (χ0n) is 14.2. The summed E-state index contributed by atoms with van der Waals surface area (Å²) in [6, 6.07) is 15.9. The Balaban J connectivity index is 1.89. The molecule has 0 radical (unpaired) electrons. The van der Waals surface area contributed by atoms with Crippen LogP contribution in [0.3, 0.4) is 0 Å². The Morgan fingerprint density at radius 3 is 2.12 bits per heavy atom. The van der Waals surface area contributed by atoms with Crippen LogP contribution in [-0.2, 0) is 11.2 Å². The van der Waals surface area contributed by atoms with Gasteiger partial charge >= 0.3 is 0 Å². The van der Waals surface area contributed by atoms with Crippen LogP contribution in [0.5, 0.6) is 0 Å². The molecular formula is C20H25NO4. The molecule has 0 fully saturated rings. The lowest BCUT2D eigenvalue weighted by Gasteiger charge is -2.12. The largest absolute Gasteiger partial charge is 0.396 e. The molecule has 0 aliphatic heterocycles. The van der Waals surface area contributed by atoms with Gasteiger partial charge in [0, 0.05) is 13.0 Å². The number of aliphatic hydroxyl groups excluding tert-OH is 2. The van der Waals surface area contributed by atoms with Crippen molar-refractivity contribution in [2.75, 3.05) is 6.61 Å². The molecule has 25 heavy (non-hydrogen) atoms. The van der Waals surface area contributed by atoms with E-state index in [0.29, 0.717) is 25.7 Å². The quantitative estimate of drug-likeness (QED) is 0.320. The molecule has 5 heteroatoms. The lowest BCUT2D eigenvalue weighted by Crippen LogP contribution is -2.17.